The first kappa shape index (κ1) is 26.2. The number of rotatable bonds is 6. The highest BCUT2D eigenvalue weighted by atomic mass is 127. The second-order valence-electron chi connectivity index (χ2n) is 8.68. The van der Waals surface area contributed by atoms with Gasteiger partial charge in [0.1, 0.15) is 0 Å². The van der Waals surface area contributed by atoms with Gasteiger partial charge in [-0.1, -0.05) is 49.4 Å². The number of esters is 1. The molecule has 0 aliphatic carbocycles. The zero-order valence-corrected chi connectivity index (χ0v) is 23.6. The molecule has 3 aromatic rings. The molecule has 0 unspecified atom stereocenters. The zero-order valence-electron chi connectivity index (χ0n) is 20.7. The summed E-state index contributed by atoms with van der Waals surface area (Å²) >= 11 is 3.27. The number of nitrogens with zero attached hydrogens (tertiary/aromatic N) is 2. The van der Waals surface area contributed by atoms with Crippen LogP contribution in [0, 0.1) is 3.57 Å². The highest BCUT2D eigenvalue weighted by Gasteiger charge is 2.33. The number of hydrogen-bond donors (Lipinski definition) is 1. The number of ether oxygens (including phenoxy) is 2. The number of allylic oxidation sites excluding steroid dienone is 1. The van der Waals surface area contributed by atoms with E-state index < -0.39 is 12.0 Å². The molecule has 188 valence electrons. The van der Waals surface area contributed by atoms with Crippen molar-refractivity contribution in [1.82, 2.24) is 4.57 Å². The van der Waals surface area contributed by atoms with Gasteiger partial charge in [0.25, 0.3) is 5.56 Å². The van der Waals surface area contributed by atoms with Gasteiger partial charge in [0.2, 0.25) is 0 Å². The Hall–Kier alpha value is -2.92. The summed E-state index contributed by atoms with van der Waals surface area (Å²) < 4.78 is 13.3. The molecule has 1 N–H and O–H groups in total. The Bertz CT molecular complexity index is 1530. The van der Waals surface area contributed by atoms with Crippen LogP contribution in [0.4, 0.5) is 0 Å². The Balaban J connectivity index is 1.94. The predicted molar refractivity (Wildman–Crippen MR) is 148 cm³/mol. The Kier molecular flexibility index (Phi) is 7.70. The number of benzene rings is 2. The molecule has 2 heterocycles. The summed E-state index contributed by atoms with van der Waals surface area (Å²) in [6.07, 6.45) is 1.75. The summed E-state index contributed by atoms with van der Waals surface area (Å²) in [6.45, 7) is 7.98. The molecule has 1 atom stereocenters. The molecular formula is C27H27IN2O5S. The van der Waals surface area contributed by atoms with E-state index in [1.165, 1.54) is 24.0 Å². The molecule has 0 saturated carbocycles. The molecule has 1 aromatic heterocycles. The topological polar surface area (TPSA) is 90.1 Å². The van der Waals surface area contributed by atoms with Crippen molar-refractivity contribution in [3.63, 3.8) is 0 Å². The van der Waals surface area contributed by atoms with Crippen LogP contribution in [0.3, 0.4) is 0 Å². The summed E-state index contributed by atoms with van der Waals surface area (Å²) in [5.74, 6) is 0.248. The van der Waals surface area contributed by atoms with Crippen LogP contribution in [0.25, 0.3) is 6.08 Å². The van der Waals surface area contributed by atoms with Crippen LogP contribution >= 0.6 is 33.9 Å². The molecule has 0 fully saturated rings. The standard InChI is InChI=1S/C27H27IN2O5S/c1-6-35-26(33)22-15(4)29-27-30(23(22)18-9-7-17(8-10-18)14(2)3)25(32)21(36-27)13-16-11-19(28)24(31)20(12-16)34-5/h7-14,23,31H,6H2,1-5H3/b21-13-/t23-/m0/s1. The van der Waals surface area contributed by atoms with E-state index in [0.29, 0.717) is 41.4 Å². The number of aromatic nitrogens is 1. The number of carbonyl (C=O) groups is 1. The van der Waals surface area contributed by atoms with E-state index >= 15 is 0 Å². The molecule has 9 heteroatoms. The van der Waals surface area contributed by atoms with Crippen molar-refractivity contribution in [3.05, 3.63) is 87.6 Å². The average molecular weight is 618 g/mol. The highest BCUT2D eigenvalue weighted by molar-refractivity contribution is 14.1. The fraction of sp³-hybridized carbons (Fsp3) is 0.296. The molecule has 0 radical (unpaired) electrons. The fourth-order valence-electron chi connectivity index (χ4n) is 4.15. The molecule has 0 bridgehead atoms. The van der Waals surface area contributed by atoms with Gasteiger partial charge < -0.3 is 14.6 Å². The van der Waals surface area contributed by atoms with Crippen molar-refractivity contribution >= 4 is 46.0 Å². The summed E-state index contributed by atoms with van der Waals surface area (Å²) in [4.78, 5) is 31.9. The van der Waals surface area contributed by atoms with Crippen molar-refractivity contribution in [3.8, 4) is 11.5 Å². The Labute approximate surface area is 226 Å². The third-order valence-electron chi connectivity index (χ3n) is 6.00. The Morgan fingerprint density at radius 3 is 2.58 bits per heavy atom. The number of methoxy groups -OCH3 is 1. The number of phenolic OH excluding ortho intramolecular Hbond substituents is 1. The lowest BCUT2D eigenvalue weighted by Crippen LogP contribution is -2.39. The van der Waals surface area contributed by atoms with E-state index in [1.54, 1.807) is 36.6 Å². The maximum absolute atomic E-state index is 13.7. The SMILES string of the molecule is CCOC(=O)C1=C(C)N=c2s/c(=C\c3cc(I)c(O)c(OC)c3)c(=O)n2[C@H]1c1ccc(C(C)C)cc1. The van der Waals surface area contributed by atoms with Crippen LogP contribution in [-0.4, -0.2) is 29.4 Å². The van der Waals surface area contributed by atoms with E-state index in [4.69, 9.17) is 9.47 Å². The van der Waals surface area contributed by atoms with E-state index in [-0.39, 0.29) is 17.9 Å². The molecule has 4 rings (SSSR count). The number of hydrogen-bond acceptors (Lipinski definition) is 7. The molecule has 7 nitrogen and oxygen atoms in total. The van der Waals surface area contributed by atoms with E-state index in [2.05, 4.69) is 18.8 Å². The van der Waals surface area contributed by atoms with Gasteiger partial charge in [0, 0.05) is 0 Å². The van der Waals surface area contributed by atoms with Crippen LogP contribution in [0.5, 0.6) is 11.5 Å². The fourth-order valence-corrected chi connectivity index (χ4v) is 5.83. The van der Waals surface area contributed by atoms with Crippen LogP contribution < -0.4 is 19.6 Å². The van der Waals surface area contributed by atoms with Gasteiger partial charge in [0.15, 0.2) is 16.3 Å². The van der Waals surface area contributed by atoms with Crippen molar-refractivity contribution in [1.29, 1.82) is 0 Å². The van der Waals surface area contributed by atoms with Gasteiger partial charge in [-0.25, -0.2) is 9.79 Å². The van der Waals surface area contributed by atoms with E-state index in [1.807, 2.05) is 46.9 Å². The number of carbonyl (C=O) groups excluding carboxylic acids is 1. The quantitative estimate of drug-likeness (QED) is 0.330. The minimum absolute atomic E-state index is 0.0521. The van der Waals surface area contributed by atoms with E-state index in [0.717, 1.165) is 5.56 Å². The van der Waals surface area contributed by atoms with Crippen molar-refractivity contribution in [2.45, 2.75) is 39.7 Å². The van der Waals surface area contributed by atoms with E-state index in [9.17, 15) is 14.7 Å². The summed E-state index contributed by atoms with van der Waals surface area (Å²) in [7, 11) is 1.48. The van der Waals surface area contributed by atoms with Gasteiger partial charge in [-0.3, -0.25) is 9.36 Å². The molecule has 0 spiro atoms. The molecule has 1 aliphatic rings. The lowest BCUT2D eigenvalue weighted by Gasteiger charge is -2.25. The summed E-state index contributed by atoms with van der Waals surface area (Å²) in [5.41, 5.74) is 3.31. The minimum Gasteiger partial charge on any atom is -0.504 e. The summed E-state index contributed by atoms with van der Waals surface area (Å²) in [5, 5.41) is 10.2. The lowest BCUT2D eigenvalue weighted by molar-refractivity contribution is -0.139. The third kappa shape index (κ3) is 4.86. The van der Waals surface area contributed by atoms with Gasteiger partial charge in [-0.15, -0.1) is 0 Å². The molecular weight excluding hydrogens is 591 g/mol. The maximum Gasteiger partial charge on any atom is 0.338 e. The van der Waals surface area contributed by atoms with Crippen molar-refractivity contribution < 1.29 is 19.4 Å². The molecule has 0 amide bonds. The lowest BCUT2D eigenvalue weighted by atomic mass is 9.93. The Morgan fingerprint density at radius 2 is 1.97 bits per heavy atom. The smallest absolute Gasteiger partial charge is 0.338 e. The average Bonchev–Trinajstić information content (AvgIpc) is 3.14. The number of phenols is 1. The number of aromatic hydroxyl groups is 1. The van der Waals surface area contributed by atoms with Gasteiger partial charge in [0.05, 0.1) is 39.1 Å². The monoisotopic (exact) mass is 618 g/mol. The van der Waals surface area contributed by atoms with Crippen LogP contribution in [0.2, 0.25) is 0 Å². The molecule has 2 aromatic carbocycles. The van der Waals surface area contributed by atoms with Gasteiger partial charge in [-0.05, 0) is 77.3 Å². The largest absolute Gasteiger partial charge is 0.504 e. The van der Waals surface area contributed by atoms with Crippen molar-refractivity contribution in [2.75, 3.05) is 13.7 Å². The predicted octanol–water partition coefficient (Wildman–Crippen LogP) is 4.24. The number of halogens is 1. The molecule has 1 aliphatic heterocycles. The van der Waals surface area contributed by atoms with Crippen LogP contribution in [-0.2, 0) is 9.53 Å². The van der Waals surface area contributed by atoms with Gasteiger partial charge >= 0.3 is 5.97 Å². The number of thiazole rings is 1. The second-order valence-corrected chi connectivity index (χ2v) is 10.8. The first-order valence-electron chi connectivity index (χ1n) is 11.5. The van der Waals surface area contributed by atoms with Crippen LogP contribution in [0.15, 0.2) is 57.5 Å². The second kappa shape index (κ2) is 10.6. The molecule has 36 heavy (non-hydrogen) atoms. The normalized spacial score (nSPS) is 15.6. The zero-order chi connectivity index (χ0) is 26.1. The van der Waals surface area contributed by atoms with Crippen molar-refractivity contribution in [2.24, 2.45) is 4.99 Å². The third-order valence-corrected chi connectivity index (χ3v) is 7.81. The maximum atomic E-state index is 13.7. The minimum atomic E-state index is -0.654. The first-order chi connectivity index (χ1) is 17.2. The first-order valence-corrected chi connectivity index (χ1v) is 13.4. The van der Waals surface area contributed by atoms with Gasteiger partial charge in [-0.2, -0.15) is 0 Å². The van der Waals surface area contributed by atoms with Crippen LogP contribution in [0.1, 0.15) is 56.3 Å². The Morgan fingerprint density at radius 1 is 1.28 bits per heavy atom. The highest BCUT2D eigenvalue weighted by Crippen LogP contribution is 2.33. The number of fused-ring (bicyclic) bond motifs is 1. The molecule has 0 saturated heterocycles. The summed E-state index contributed by atoms with van der Waals surface area (Å²) in [6, 6.07) is 10.8.